The fourth-order valence-electron chi connectivity index (χ4n) is 4.49. The summed E-state index contributed by atoms with van der Waals surface area (Å²) < 4.78 is 5.31. The summed E-state index contributed by atoms with van der Waals surface area (Å²) in [7, 11) is 1.68. The number of benzene rings is 2. The van der Waals surface area contributed by atoms with Crippen LogP contribution in [-0.2, 0) is 11.3 Å². The van der Waals surface area contributed by atoms with Gasteiger partial charge in [0, 0.05) is 25.6 Å². The van der Waals surface area contributed by atoms with Gasteiger partial charge in [0.05, 0.1) is 18.4 Å². The molecule has 6 nitrogen and oxygen atoms in total. The molecule has 0 bridgehead atoms. The fraction of sp³-hybridized carbons (Fsp3) is 0.440. The zero-order valence-corrected chi connectivity index (χ0v) is 18.2. The van der Waals surface area contributed by atoms with Crippen LogP contribution in [0.25, 0.3) is 0 Å². The van der Waals surface area contributed by atoms with E-state index in [1.165, 1.54) is 5.56 Å². The molecule has 0 unspecified atom stereocenters. The molecule has 4 rings (SSSR count). The molecular formula is C25H31N3O3. The van der Waals surface area contributed by atoms with E-state index in [9.17, 15) is 9.59 Å². The Morgan fingerprint density at radius 3 is 2.48 bits per heavy atom. The van der Waals surface area contributed by atoms with E-state index < -0.39 is 0 Å². The lowest BCUT2D eigenvalue weighted by Gasteiger charge is -2.31. The van der Waals surface area contributed by atoms with Gasteiger partial charge < -0.3 is 15.0 Å². The van der Waals surface area contributed by atoms with Crippen LogP contribution in [0.2, 0.25) is 0 Å². The number of hydrogen-bond donors (Lipinski definition) is 1. The summed E-state index contributed by atoms with van der Waals surface area (Å²) in [4.78, 5) is 30.0. The predicted molar refractivity (Wildman–Crippen MR) is 121 cm³/mol. The number of hydrogen-bond acceptors (Lipinski definition) is 4. The van der Waals surface area contributed by atoms with Crippen molar-refractivity contribution in [2.75, 3.05) is 38.6 Å². The van der Waals surface area contributed by atoms with Crippen molar-refractivity contribution in [3.05, 3.63) is 59.7 Å². The Kier molecular flexibility index (Phi) is 6.87. The minimum atomic E-state index is -0.0310. The highest BCUT2D eigenvalue weighted by Crippen LogP contribution is 2.24. The third-order valence-electron chi connectivity index (χ3n) is 6.31. The molecule has 0 spiro atoms. The normalized spacial score (nSPS) is 17.5. The van der Waals surface area contributed by atoms with E-state index in [2.05, 4.69) is 22.3 Å². The lowest BCUT2D eigenvalue weighted by molar-refractivity contribution is -0.121. The number of carbonyl (C=O) groups excluding carboxylic acids is 2. The minimum Gasteiger partial charge on any atom is -0.497 e. The van der Waals surface area contributed by atoms with Crippen LogP contribution in [0.5, 0.6) is 5.75 Å². The molecule has 6 heteroatoms. The molecule has 2 aliphatic heterocycles. The molecule has 2 saturated heterocycles. The summed E-state index contributed by atoms with van der Waals surface area (Å²) >= 11 is 0. The Bertz CT molecular complexity index is 916. The van der Waals surface area contributed by atoms with Gasteiger partial charge in [-0.2, -0.15) is 0 Å². The first kappa shape index (κ1) is 21.4. The monoisotopic (exact) mass is 421 g/mol. The van der Waals surface area contributed by atoms with Crippen LogP contribution in [0, 0.1) is 5.92 Å². The summed E-state index contributed by atoms with van der Waals surface area (Å²) in [6, 6.07) is 15.5. The van der Waals surface area contributed by atoms with Crippen molar-refractivity contribution in [2.24, 2.45) is 5.92 Å². The van der Waals surface area contributed by atoms with Gasteiger partial charge in [-0.25, -0.2) is 0 Å². The van der Waals surface area contributed by atoms with Gasteiger partial charge in [-0.05, 0) is 68.6 Å². The fourth-order valence-corrected chi connectivity index (χ4v) is 4.49. The van der Waals surface area contributed by atoms with Gasteiger partial charge >= 0.3 is 0 Å². The van der Waals surface area contributed by atoms with E-state index >= 15 is 0 Å². The van der Waals surface area contributed by atoms with E-state index in [1.54, 1.807) is 7.11 Å². The predicted octanol–water partition coefficient (Wildman–Crippen LogP) is 3.78. The van der Waals surface area contributed by atoms with Crippen molar-refractivity contribution in [1.82, 2.24) is 9.80 Å². The van der Waals surface area contributed by atoms with Crippen LogP contribution < -0.4 is 10.1 Å². The molecule has 2 heterocycles. The zero-order valence-electron chi connectivity index (χ0n) is 18.2. The molecule has 164 valence electrons. The molecule has 31 heavy (non-hydrogen) atoms. The van der Waals surface area contributed by atoms with E-state index in [-0.39, 0.29) is 17.7 Å². The number of ether oxygens (including phenoxy) is 1. The van der Waals surface area contributed by atoms with Crippen LogP contribution in [0.4, 0.5) is 5.69 Å². The van der Waals surface area contributed by atoms with E-state index in [1.807, 2.05) is 41.3 Å². The maximum absolute atomic E-state index is 12.9. The second kappa shape index (κ2) is 9.96. The van der Waals surface area contributed by atoms with E-state index in [0.717, 1.165) is 64.2 Å². The van der Waals surface area contributed by atoms with Crippen LogP contribution in [0.1, 0.15) is 41.6 Å². The molecule has 0 aromatic heterocycles. The highest BCUT2D eigenvalue weighted by molar-refractivity contribution is 6.04. The summed E-state index contributed by atoms with van der Waals surface area (Å²) in [5.41, 5.74) is 2.44. The number of amides is 2. The van der Waals surface area contributed by atoms with Crippen molar-refractivity contribution < 1.29 is 14.3 Å². The van der Waals surface area contributed by atoms with Gasteiger partial charge in [0.15, 0.2) is 0 Å². The number of rotatable bonds is 6. The Hall–Kier alpha value is -2.86. The molecule has 0 radical (unpaired) electrons. The number of piperidine rings is 1. The smallest absolute Gasteiger partial charge is 0.255 e. The molecule has 0 aliphatic carbocycles. The quantitative estimate of drug-likeness (QED) is 0.771. The summed E-state index contributed by atoms with van der Waals surface area (Å²) in [6.07, 6.45) is 3.74. The van der Waals surface area contributed by atoms with Crippen molar-refractivity contribution in [2.45, 2.75) is 32.2 Å². The topological polar surface area (TPSA) is 61.9 Å². The molecule has 2 aliphatic rings. The Balaban J connectivity index is 1.33. The van der Waals surface area contributed by atoms with Gasteiger partial charge in [0.2, 0.25) is 5.91 Å². The number of para-hydroxylation sites is 1. The average molecular weight is 422 g/mol. The largest absolute Gasteiger partial charge is 0.497 e. The standard InChI is InChI=1S/C25H31N3O3/c1-31-21-8-6-7-19(17-21)18-27-15-11-20(12-16-27)24(29)26-23-10-3-2-9-22(23)25(30)28-13-4-5-14-28/h2-3,6-10,17,20H,4-5,11-16,18H2,1H3,(H,26,29). The zero-order chi connectivity index (χ0) is 21.6. The molecule has 1 N–H and O–H groups in total. The number of anilines is 1. The van der Waals surface area contributed by atoms with Crippen molar-refractivity contribution >= 4 is 17.5 Å². The van der Waals surface area contributed by atoms with Gasteiger partial charge in [0.1, 0.15) is 5.75 Å². The number of likely N-dealkylation sites (tertiary alicyclic amines) is 2. The Labute approximate surface area is 184 Å². The first-order valence-electron chi connectivity index (χ1n) is 11.2. The summed E-state index contributed by atoms with van der Waals surface area (Å²) in [5, 5.41) is 3.04. The highest BCUT2D eigenvalue weighted by atomic mass is 16.5. The van der Waals surface area contributed by atoms with Crippen molar-refractivity contribution in [3.63, 3.8) is 0 Å². The maximum atomic E-state index is 12.9. The van der Waals surface area contributed by atoms with Crippen LogP contribution in [0.15, 0.2) is 48.5 Å². The van der Waals surface area contributed by atoms with E-state index in [4.69, 9.17) is 4.74 Å². The second-order valence-electron chi connectivity index (χ2n) is 8.44. The van der Waals surface area contributed by atoms with Crippen LogP contribution in [-0.4, -0.2) is 54.9 Å². The van der Waals surface area contributed by atoms with Gasteiger partial charge in [-0.1, -0.05) is 24.3 Å². The SMILES string of the molecule is COc1cccc(CN2CCC(C(=O)Nc3ccccc3C(=O)N3CCCC3)CC2)c1. The van der Waals surface area contributed by atoms with Crippen LogP contribution >= 0.6 is 0 Å². The molecule has 2 fully saturated rings. The number of nitrogens with one attached hydrogen (secondary N) is 1. The first-order valence-corrected chi connectivity index (χ1v) is 11.2. The molecule has 0 atom stereocenters. The van der Waals surface area contributed by atoms with E-state index in [0.29, 0.717) is 11.3 Å². The summed E-state index contributed by atoms with van der Waals surface area (Å²) in [5.74, 6) is 0.870. The molecule has 2 aromatic carbocycles. The lowest BCUT2D eigenvalue weighted by Crippen LogP contribution is -2.38. The third kappa shape index (κ3) is 5.25. The van der Waals surface area contributed by atoms with Crippen LogP contribution in [0.3, 0.4) is 0 Å². The Morgan fingerprint density at radius 1 is 1.00 bits per heavy atom. The maximum Gasteiger partial charge on any atom is 0.255 e. The summed E-state index contributed by atoms with van der Waals surface area (Å²) in [6.45, 7) is 4.21. The molecule has 0 saturated carbocycles. The molecule has 2 amide bonds. The van der Waals surface area contributed by atoms with Gasteiger partial charge in [0.25, 0.3) is 5.91 Å². The van der Waals surface area contributed by atoms with Crippen molar-refractivity contribution in [1.29, 1.82) is 0 Å². The number of methoxy groups -OCH3 is 1. The van der Waals surface area contributed by atoms with Crippen molar-refractivity contribution in [3.8, 4) is 5.75 Å². The third-order valence-corrected chi connectivity index (χ3v) is 6.31. The highest BCUT2D eigenvalue weighted by Gasteiger charge is 2.27. The second-order valence-corrected chi connectivity index (χ2v) is 8.44. The average Bonchev–Trinajstić information content (AvgIpc) is 3.35. The Morgan fingerprint density at radius 2 is 1.74 bits per heavy atom. The number of carbonyl (C=O) groups is 2. The molecular weight excluding hydrogens is 390 g/mol. The van der Waals surface area contributed by atoms with Gasteiger partial charge in [-0.3, -0.25) is 14.5 Å². The minimum absolute atomic E-state index is 0.0153. The van der Waals surface area contributed by atoms with Gasteiger partial charge in [-0.15, -0.1) is 0 Å². The molecule has 2 aromatic rings. The lowest BCUT2D eigenvalue weighted by atomic mass is 9.95. The number of nitrogens with zero attached hydrogens (tertiary/aromatic N) is 2. The first-order chi connectivity index (χ1) is 15.1.